The van der Waals surface area contributed by atoms with Crippen LogP contribution in [0.2, 0.25) is 0 Å². The first-order chi connectivity index (χ1) is 17.4. The normalized spacial score (nSPS) is 18.9. The fraction of sp³-hybridized carbons (Fsp3) is 0.519. The fourth-order valence-corrected chi connectivity index (χ4v) is 5.03. The highest BCUT2D eigenvalue weighted by Gasteiger charge is 2.48. The van der Waals surface area contributed by atoms with Crippen LogP contribution >= 0.6 is 0 Å². The molecule has 0 radical (unpaired) electrons. The van der Waals surface area contributed by atoms with Gasteiger partial charge in [-0.25, -0.2) is 0 Å². The molecule has 1 aliphatic carbocycles. The average molecular weight is 505 g/mol. The Kier molecular flexibility index (Phi) is 8.74. The van der Waals surface area contributed by atoms with Gasteiger partial charge in [-0.05, 0) is 42.7 Å². The van der Waals surface area contributed by atoms with Crippen LogP contribution in [0.1, 0.15) is 43.7 Å². The lowest BCUT2D eigenvalue weighted by molar-refractivity contribution is -0.166. The Morgan fingerprint density at radius 2 is 1.61 bits per heavy atom. The molecule has 2 aromatic rings. The van der Waals surface area contributed by atoms with E-state index in [2.05, 4.69) is 20.9 Å². The molecule has 9 heteroatoms. The Balaban J connectivity index is 1.34. The topological polar surface area (TPSA) is 65.6 Å². The van der Waals surface area contributed by atoms with E-state index in [-0.39, 0.29) is 11.5 Å². The quantitative estimate of drug-likeness (QED) is 0.434. The summed E-state index contributed by atoms with van der Waals surface area (Å²) < 4.78 is 47.5. The maximum atomic E-state index is 14.0. The molecule has 2 fully saturated rings. The monoisotopic (exact) mass is 504 g/mol. The second-order valence-electron chi connectivity index (χ2n) is 9.50. The lowest BCUT2D eigenvalue weighted by Crippen LogP contribution is -2.61. The van der Waals surface area contributed by atoms with Crippen LogP contribution in [0, 0.1) is 0 Å². The Morgan fingerprint density at radius 3 is 2.25 bits per heavy atom. The summed E-state index contributed by atoms with van der Waals surface area (Å²) in [4.78, 5) is 15.5. The molecule has 1 heterocycles. The predicted octanol–water partition coefficient (Wildman–Crippen LogP) is 4.65. The van der Waals surface area contributed by atoms with E-state index < -0.39 is 17.8 Å². The number of halogens is 3. The van der Waals surface area contributed by atoms with Crippen molar-refractivity contribution < 1.29 is 22.7 Å². The van der Waals surface area contributed by atoms with Crippen molar-refractivity contribution in [1.82, 2.24) is 10.6 Å². The molecule has 4 rings (SSSR count). The van der Waals surface area contributed by atoms with Crippen molar-refractivity contribution >= 4 is 17.3 Å². The summed E-state index contributed by atoms with van der Waals surface area (Å²) in [6, 6.07) is 13.9. The average Bonchev–Trinajstić information content (AvgIpc) is 2.91. The van der Waals surface area contributed by atoms with Crippen molar-refractivity contribution in [2.24, 2.45) is 0 Å². The van der Waals surface area contributed by atoms with E-state index in [4.69, 9.17) is 4.74 Å². The summed E-state index contributed by atoms with van der Waals surface area (Å²) in [5.41, 5.74) is 0.937. The minimum Gasteiger partial charge on any atom is -0.383 e. The van der Waals surface area contributed by atoms with E-state index >= 15 is 0 Å². The Hall–Kier alpha value is -2.78. The van der Waals surface area contributed by atoms with E-state index in [9.17, 15) is 18.0 Å². The number of nitrogens with one attached hydrogen (secondary N) is 3. The SMILES string of the molecule is O=C(NCCNc1ccc(N2CCOCC2)cc1)C1(NC(c2ccccc2)C(F)(F)F)CCCCC1. The van der Waals surface area contributed by atoms with Gasteiger partial charge in [0.1, 0.15) is 6.04 Å². The van der Waals surface area contributed by atoms with E-state index in [1.807, 2.05) is 24.3 Å². The number of nitrogens with zero attached hydrogens (tertiary/aromatic N) is 1. The van der Waals surface area contributed by atoms with Gasteiger partial charge in [-0.15, -0.1) is 0 Å². The predicted molar refractivity (Wildman–Crippen MR) is 135 cm³/mol. The number of benzene rings is 2. The van der Waals surface area contributed by atoms with Crippen molar-refractivity contribution in [2.75, 3.05) is 49.6 Å². The lowest BCUT2D eigenvalue weighted by Gasteiger charge is -2.40. The molecule has 1 amide bonds. The van der Waals surface area contributed by atoms with Gasteiger partial charge in [0.2, 0.25) is 5.91 Å². The molecule has 196 valence electrons. The third kappa shape index (κ3) is 6.70. The first-order valence-corrected chi connectivity index (χ1v) is 12.7. The number of morpholine rings is 1. The first kappa shape index (κ1) is 26.3. The number of hydrogen-bond acceptors (Lipinski definition) is 5. The standard InChI is InChI=1S/C27H35F3N4O2/c28-27(29,30)24(21-7-3-1-4-8-21)33-26(13-5-2-6-14-26)25(35)32-16-15-31-22-9-11-23(12-10-22)34-17-19-36-20-18-34/h1,3-4,7-12,24,31,33H,2,5-6,13-20H2,(H,32,35). The summed E-state index contributed by atoms with van der Waals surface area (Å²) in [5.74, 6) is -0.364. The van der Waals surface area contributed by atoms with Gasteiger partial charge in [-0.1, -0.05) is 49.6 Å². The Bertz CT molecular complexity index is 957. The van der Waals surface area contributed by atoms with Gasteiger partial charge in [0.15, 0.2) is 0 Å². The number of carbonyl (C=O) groups excluding carboxylic acids is 1. The molecule has 1 aliphatic heterocycles. The van der Waals surface area contributed by atoms with Gasteiger partial charge in [0.25, 0.3) is 0 Å². The molecule has 1 saturated heterocycles. The van der Waals surface area contributed by atoms with Crippen molar-refractivity contribution in [1.29, 1.82) is 0 Å². The maximum absolute atomic E-state index is 14.0. The van der Waals surface area contributed by atoms with E-state index in [0.717, 1.165) is 44.1 Å². The smallest absolute Gasteiger partial charge is 0.383 e. The molecule has 1 saturated carbocycles. The number of alkyl halides is 3. The zero-order valence-electron chi connectivity index (χ0n) is 20.4. The van der Waals surface area contributed by atoms with Crippen LogP contribution in [-0.4, -0.2) is 57.0 Å². The van der Waals surface area contributed by atoms with Gasteiger partial charge in [-0.3, -0.25) is 10.1 Å². The number of rotatable bonds is 9. The van der Waals surface area contributed by atoms with Gasteiger partial charge in [0.05, 0.1) is 18.8 Å². The molecular formula is C27H35F3N4O2. The van der Waals surface area contributed by atoms with Crippen LogP contribution in [0.25, 0.3) is 0 Å². The summed E-state index contributed by atoms with van der Waals surface area (Å²) >= 11 is 0. The summed E-state index contributed by atoms with van der Waals surface area (Å²) in [7, 11) is 0. The summed E-state index contributed by atoms with van der Waals surface area (Å²) in [5, 5.41) is 8.91. The molecular weight excluding hydrogens is 469 g/mol. The van der Waals surface area contributed by atoms with Crippen molar-refractivity contribution in [2.45, 2.75) is 49.9 Å². The minimum absolute atomic E-state index is 0.116. The third-order valence-corrected chi connectivity index (χ3v) is 7.01. The molecule has 2 aromatic carbocycles. The second-order valence-corrected chi connectivity index (χ2v) is 9.50. The molecule has 0 aromatic heterocycles. The molecule has 1 atom stereocenters. The van der Waals surface area contributed by atoms with Gasteiger partial charge < -0.3 is 20.3 Å². The Morgan fingerprint density at radius 1 is 0.944 bits per heavy atom. The van der Waals surface area contributed by atoms with Crippen molar-refractivity contribution in [3.05, 3.63) is 60.2 Å². The van der Waals surface area contributed by atoms with Crippen LogP contribution in [-0.2, 0) is 9.53 Å². The van der Waals surface area contributed by atoms with Gasteiger partial charge in [-0.2, -0.15) is 13.2 Å². The van der Waals surface area contributed by atoms with Gasteiger partial charge >= 0.3 is 6.18 Å². The van der Waals surface area contributed by atoms with Crippen LogP contribution in [0.4, 0.5) is 24.5 Å². The highest BCUT2D eigenvalue weighted by Crippen LogP contribution is 2.38. The maximum Gasteiger partial charge on any atom is 0.407 e. The first-order valence-electron chi connectivity index (χ1n) is 12.7. The summed E-state index contributed by atoms with van der Waals surface area (Å²) in [6.45, 7) is 3.98. The molecule has 0 bridgehead atoms. The van der Waals surface area contributed by atoms with Crippen LogP contribution in [0.15, 0.2) is 54.6 Å². The largest absolute Gasteiger partial charge is 0.407 e. The van der Waals surface area contributed by atoms with Crippen molar-refractivity contribution in [3.63, 3.8) is 0 Å². The molecule has 6 nitrogen and oxygen atoms in total. The Labute approximate surface area is 210 Å². The second kappa shape index (κ2) is 12.0. The number of ether oxygens (including phenoxy) is 1. The van der Waals surface area contributed by atoms with Crippen LogP contribution in [0.3, 0.4) is 0 Å². The van der Waals surface area contributed by atoms with Crippen molar-refractivity contribution in [3.8, 4) is 0 Å². The van der Waals surface area contributed by atoms with E-state index in [0.29, 0.717) is 38.8 Å². The van der Waals surface area contributed by atoms with Crippen LogP contribution < -0.4 is 20.9 Å². The highest BCUT2D eigenvalue weighted by molar-refractivity contribution is 5.86. The number of hydrogen-bond donors (Lipinski definition) is 3. The molecule has 0 spiro atoms. The zero-order valence-corrected chi connectivity index (χ0v) is 20.4. The number of carbonyl (C=O) groups is 1. The summed E-state index contributed by atoms with van der Waals surface area (Å²) in [6.07, 6.45) is -1.40. The molecule has 1 unspecified atom stereocenters. The minimum atomic E-state index is -4.51. The lowest BCUT2D eigenvalue weighted by atomic mass is 9.79. The van der Waals surface area contributed by atoms with E-state index in [1.165, 1.54) is 12.1 Å². The highest BCUT2D eigenvalue weighted by atomic mass is 19.4. The molecule has 2 aliphatic rings. The molecule has 3 N–H and O–H groups in total. The number of amides is 1. The number of anilines is 2. The zero-order chi connectivity index (χ0) is 25.4. The molecule has 36 heavy (non-hydrogen) atoms. The van der Waals surface area contributed by atoms with E-state index in [1.54, 1.807) is 18.2 Å². The van der Waals surface area contributed by atoms with Gasteiger partial charge in [0, 0.05) is 37.6 Å². The third-order valence-electron chi connectivity index (χ3n) is 7.01. The fourth-order valence-electron chi connectivity index (χ4n) is 5.03. The van der Waals surface area contributed by atoms with Crippen LogP contribution in [0.5, 0.6) is 0 Å².